The standard InChI is InChI=1S/C26H28N2O5/c1-4-23(19-7-11-22(12-8-19)28(31)32-3)24(29)27-21-9-5-18(6-10-21)15-26-14-17(2)13-20(26)16-33-25(26)30/h5-12,20,23H,2,4,13-16H2,1,3H3/p+1. The van der Waals surface area contributed by atoms with E-state index in [9.17, 15) is 14.5 Å². The minimum absolute atomic E-state index is 0.117. The van der Waals surface area contributed by atoms with Gasteiger partial charge in [-0.2, -0.15) is 0 Å². The smallest absolute Gasteiger partial charge is 0.316 e. The van der Waals surface area contributed by atoms with Crippen LogP contribution in [0.25, 0.3) is 0 Å². The Morgan fingerprint density at radius 2 is 1.94 bits per heavy atom. The van der Waals surface area contributed by atoms with Crippen molar-refractivity contribution < 1.29 is 24.1 Å². The van der Waals surface area contributed by atoms with Crippen molar-refractivity contribution in [1.29, 1.82) is 0 Å². The summed E-state index contributed by atoms with van der Waals surface area (Å²) in [5, 5.41) is 2.98. The van der Waals surface area contributed by atoms with E-state index in [-0.39, 0.29) is 23.7 Å². The average Bonchev–Trinajstić information content (AvgIpc) is 3.29. The van der Waals surface area contributed by atoms with Gasteiger partial charge in [0.25, 0.3) is 4.92 Å². The fourth-order valence-corrected chi connectivity index (χ4v) is 5.07. The molecule has 1 amide bonds. The summed E-state index contributed by atoms with van der Waals surface area (Å²) in [5.41, 5.74) is 3.54. The number of nitrogens with one attached hydrogen (secondary N) is 1. The number of ether oxygens (including phenoxy) is 1. The quantitative estimate of drug-likeness (QED) is 0.354. The normalized spacial score (nSPS) is 22.4. The number of esters is 1. The number of benzene rings is 2. The van der Waals surface area contributed by atoms with Gasteiger partial charge in [0.2, 0.25) is 5.91 Å². The molecule has 0 spiro atoms. The molecule has 1 heterocycles. The van der Waals surface area contributed by atoms with Gasteiger partial charge in [0.1, 0.15) is 0 Å². The second-order valence-electron chi connectivity index (χ2n) is 8.94. The third-order valence-electron chi connectivity index (χ3n) is 6.84. The van der Waals surface area contributed by atoms with Gasteiger partial charge in [-0.3, -0.25) is 9.59 Å². The van der Waals surface area contributed by atoms with Gasteiger partial charge in [-0.1, -0.05) is 43.3 Å². The van der Waals surface area contributed by atoms with Crippen LogP contribution in [-0.2, 0) is 25.6 Å². The maximum Gasteiger partial charge on any atom is 0.316 e. The number of amides is 1. The first-order valence-corrected chi connectivity index (χ1v) is 11.2. The van der Waals surface area contributed by atoms with Crippen molar-refractivity contribution in [2.45, 2.75) is 38.5 Å². The van der Waals surface area contributed by atoms with E-state index in [0.29, 0.717) is 42.2 Å². The zero-order chi connectivity index (χ0) is 23.6. The summed E-state index contributed by atoms with van der Waals surface area (Å²) in [6.07, 6.45) is 2.76. The zero-order valence-electron chi connectivity index (χ0n) is 19.0. The van der Waals surface area contributed by atoms with Crippen LogP contribution >= 0.6 is 0 Å². The van der Waals surface area contributed by atoms with Gasteiger partial charge in [-0.05, 0) is 48.9 Å². The van der Waals surface area contributed by atoms with Crippen LogP contribution in [0.15, 0.2) is 60.7 Å². The Bertz CT molecular complexity index is 1080. The van der Waals surface area contributed by atoms with E-state index in [4.69, 9.17) is 4.74 Å². The third kappa shape index (κ3) is 4.40. The highest BCUT2D eigenvalue weighted by molar-refractivity contribution is 5.95. The van der Waals surface area contributed by atoms with Crippen molar-refractivity contribution >= 4 is 23.3 Å². The van der Waals surface area contributed by atoms with Gasteiger partial charge < -0.3 is 10.1 Å². The molecule has 4 rings (SSSR count). The van der Waals surface area contributed by atoms with Crippen LogP contribution in [0.5, 0.6) is 0 Å². The van der Waals surface area contributed by atoms with Crippen molar-refractivity contribution in [3.8, 4) is 0 Å². The number of cyclic esters (lactones) is 1. The maximum absolute atomic E-state index is 12.9. The summed E-state index contributed by atoms with van der Waals surface area (Å²) in [6.45, 7) is 6.51. The van der Waals surface area contributed by atoms with Crippen molar-refractivity contribution in [2.75, 3.05) is 19.0 Å². The molecule has 1 aliphatic heterocycles. The number of nitrogens with zero attached hydrogens (tertiary/aromatic N) is 1. The van der Waals surface area contributed by atoms with E-state index < -0.39 is 5.41 Å². The average molecular weight is 450 g/mol. The first-order chi connectivity index (χ1) is 15.9. The summed E-state index contributed by atoms with van der Waals surface area (Å²) < 4.78 is 5.36. The fraction of sp³-hybridized carbons (Fsp3) is 0.385. The molecule has 0 radical (unpaired) electrons. The molecular formula is C26H29N2O5+. The molecular weight excluding hydrogens is 420 g/mol. The van der Waals surface area contributed by atoms with E-state index in [1.165, 1.54) is 7.11 Å². The molecule has 3 unspecified atom stereocenters. The number of anilines is 1. The molecule has 33 heavy (non-hydrogen) atoms. The molecule has 1 saturated heterocycles. The number of hydrogen-bond acceptors (Lipinski definition) is 5. The summed E-state index contributed by atoms with van der Waals surface area (Å²) in [7, 11) is 1.30. The topological polar surface area (TPSA) is 84.7 Å². The molecule has 2 fully saturated rings. The van der Waals surface area contributed by atoms with E-state index >= 15 is 0 Å². The SMILES string of the molecule is C=C1CC2COC(=O)C2(Cc2ccc(NC(=O)C(CC)c3ccc([N+](=O)OC)cc3)cc2)C1. The van der Waals surface area contributed by atoms with Crippen LogP contribution in [0.3, 0.4) is 0 Å². The zero-order valence-corrected chi connectivity index (χ0v) is 19.0. The molecule has 2 aromatic carbocycles. The van der Waals surface area contributed by atoms with Crippen LogP contribution in [0.2, 0.25) is 0 Å². The Labute approximate surface area is 193 Å². The fourth-order valence-electron chi connectivity index (χ4n) is 5.07. The van der Waals surface area contributed by atoms with Crippen LogP contribution < -0.4 is 5.32 Å². The number of carbonyl (C=O) groups is 2. The highest BCUT2D eigenvalue weighted by atomic mass is 16.8. The second-order valence-corrected chi connectivity index (χ2v) is 8.94. The van der Waals surface area contributed by atoms with Crippen LogP contribution in [0.4, 0.5) is 11.4 Å². The number of hydrogen-bond donors (Lipinski definition) is 1. The Balaban J connectivity index is 1.43. The van der Waals surface area contributed by atoms with Gasteiger partial charge in [0.15, 0.2) is 7.11 Å². The number of rotatable bonds is 8. The van der Waals surface area contributed by atoms with Crippen LogP contribution in [-0.4, -0.2) is 30.5 Å². The van der Waals surface area contributed by atoms with E-state index in [0.717, 1.165) is 23.1 Å². The predicted octanol–water partition coefficient (Wildman–Crippen LogP) is 4.84. The second kappa shape index (κ2) is 9.17. The Morgan fingerprint density at radius 1 is 1.24 bits per heavy atom. The first kappa shape index (κ1) is 22.7. The predicted molar refractivity (Wildman–Crippen MR) is 124 cm³/mol. The third-order valence-corrected chi connectivity index (χ3v) is 6.84. The van der Waals surface area contributed by atoms with Crippen molar-refractivity contribution in [3.05, 3.63) is 76.7 Å². The molecule has 1 aliphatic carbocycles. The molecule has 1 N–H and O–H groups in total. The monoisotopic (exact) mass is 449 g/mol. The van der Waals surface area contributed by atoms with E-state index in [2.05, 4.69) is 16.7 Å². The molecule has 7 heteroatoms. The first-order valence-electron chi connectivity index (χ1n) is 11.2. The summed E-state index contributed by atoms with van der Waals surface area (Å²) in [6, 6.07) is 14.4. The van der Waals surface area contributed by atoms with E-state index in [1.807, 2.05) is 31.2 Å². The van der Waals surface area contributed by atoms with E-state index in [1.54, 1.807) is 24.3 Å². The van der Waals surface area contributed by atoms with Gasteiger partial charge in [-0.25, -0.2) is 4.84 Å². The van der Waals surface area contributed by atoms with Gasteiger partial charge in [0.05, 0.1) is 22.8 Å². The summed E-state index contributed by atoms with van der Waals surface area (Å²) >= 11 is 0. The largest absolute Gasteiger partial charge is 0.465 e. The molecule has 0 bridgehead atoms. The Hall–Kier alpha value is -3.48. The number of allylic oxidation sites excluding steroid dienone is 1. The lowest BCUT2D eigenvalue weighted by atomic mass is 9.75. The molecule has 2 aliphatic rings. The molecule has 3 atom stereocenters. The summed E-state index contributed by atoms with van der Waals surface area (Å²) in [4.78, 5) is 42.1. The van der Waals surface area contributed by atoms with Gasteiger partial charge in [-0.15, -0.1) is 0 Å². The molecule has 7 nitrogen and oxygen atoms in total. The highest BCUT2D eigenvalue weighted by Crippen LogP contribution is 2.52. The van der Waals surface area contributed by atoms with Crippen molar-refractivity contribution in [3.63, 3.8) is 0 Å². The molecule has 0 aromatic heterocycles. The Morgan fingerprint density at radius 3 is 2.58 bits per heavy atom. The molecule has 1 saturated carbocycles. The van der Waals surface area contributed by atoms with Crippen LogP contribution in [0, 0.1) is 16.2 Å². The number of fused-ring (bicyclic) bond motifs is 1. The lowest BCUT2D eigenvalue weighted by Crippen LogP contribution is -2.31. The highest BCUT2D eigenvalue weighted by Gasteiger charge is 2.55. The van der Waals surface area contributed by atoms with Gasteiger partial charge >= 0.3 is 11.7 Å². The minimum atomic E-state index is -0.496. The van der Waals surface area contributed by atoms with Crippen molar-refractivity contribution in [1.82, 2.24) is 0 Å². The minimum Gasteiger partial charge on any atom is -0.465 e. The maximum atomic E-state index is 12.9. The molecule has 172 valence electrons. The number of carbonyl (C=O) groups excluding carboxylic acids is 2. The Kier molecular flexibility index (Phi) is 6.31. The van der Waals surface area contributed by atoms with Crippen LogP contribution in [0.1, 0.15) is 43.2 Å². The lowest BCUT2D eigenvalue weighted by Gasteiger charge is -2.24. The lowest BCUT2D eigenvalue weighted by molar-refractivity contribution is -0.736. The van der Waals surface area contributed by atoms with Gasteiger partial charge in [0, 0.05) is 23.7 Å². The van der Waals surface area contributed by atoms with Crippen molar-refractivity contribution in [2.24, 2.45) is 11.3 Å². The summed E-state index contributed by atoms with van der Waals surface area (Å²) in [5.74, 6) is -0.385. The molecule has 2 aromatic rings.